The second-order valence-electron chi connectivity index (χ2n) is 4.19. The lowest BCUT2D eigenvalue weighted by Crippen LogP contribution is -2.29. The van der Waals surface area contributed by atoms with E-state index in [1.165, 1.54) is 0 Å². The number of benzene rings is 1. The molecule has 0 aromatic heterocycles. The van der Waals surface area contributed by atoms with Crippen LogP contribution in [0.1, 0.15) is 17.3 Å². The molecular formula is C12H18N2O2. The Kier molecular flexibility index (Phi) is 4.31. The predicted molar refractivity (Wildman–Crippen MR) is 65.0 cm³/mol. The van der Waals surface area contributed by atoms with E-state index in [2.05, 4.69) is 17.1 Å². The largest absolute Gasteiger partial charge is 0.478 e. The van der Waals surface area contributed by atoms with Crippen LogP contribution >= 0.6 is 0 Å². The smallest absolute Gasteiger partial charge is 0.335 e. The molecule has 0 aliphatic rings. The molecule has 0 radical (unpaired) electrons. The number of carboxylic acid groups (broad SMARTS) is 1. The topological polar surface area (TPSA) is 52.6 Å². The van der Waals surface area contributed by atoms with Crippen molar-refractivity contribution in [3.63, 3.8) is 0 Å². The second-order valence-corrected chi connectivity index (χ2v) is 4.19. The molecule has 1 unspecified atom stereocenters. The molecule has 0 aliphatic carbocycles. The van der Waals surface area contributed by atoms with Crippen molar-refractivity contribution < 1.29 is 9.90 Å². The molecule has 1 aromatic rings. The summed E-state index contributed by atoms with van der Waals surface area (Å²) in [6, 6.07) is 7.11. The molecule has 0 fully saturated rings. The molecule has 88 valence electrons. The number of anilines is 1. The number of carboxylic acids is 1. The van der Waals surface area contributed by atoms with Crippen LogP contribution in [0.3, 0.4) is 0 Å². The van der Waals surface area contributed by atoms with E-state index < -0.39 is 5.97 Å². The fourth-order valence-corrected chi connectivity index (χ4v) is 1.59. The maximum Gasteiger partial charge on any atom is 0.335 e. The zero-order valence-corrected chi connectivity index (χ0v) is 9.90. The zero-order valence-electron chi connectivity index (χ0n) is 9.90. The average molecular weight is 222 g/mol. The third-order valence-electron chi connectivity index (χ3n) is 2.18. The lowest BCUT2D eigenvalue weighted by molar-refractivity contribution is 0.0697. The second kappa shape index (κ2) is 5.51. The molecule has 0 amide bonds. The number of nitrogens with zero attached hydrogens (tertiary/aromatic N) is 1. The maximum atomic E-state index is 10.7. The first-order valence-electron chi connectivity index (χ1n) is 5.23. The molecule has 0 spiro atoms. The molecule has 1 rings (SSSR count). The van der Waals surface area contributed by atoms with Gasteiger partial charge in [-0.05, 0) is 45.3 Å². The third kappa shape index (κ3) is 3.90. The number of rotatable bonds is 5. The Bertz CT molecular complexity index is 347. The first-order valence-corrected chi connectivity index (χ1v) is 5.23. The number of hydrogen-bond acceptors (Lipinski definition) is 3. The Morgan fingerprint density at radius 3 is 2.38 bits per heavy atom. The SMILES string of the molecule is CC(CN(C)C)Nc1ccc(C(=O)O)cc1. The molecule has 1 atom stereocenters. The highest BCUT2D eigenvalue weighted by molar-refractivity contribution is 5.87. The fourth-order valence-electron chi connectivity index (χ4n) is 1.59. The van der Waals surface area contributed by atoms with Gasteiger partial charge in [-0.2, -0.15) is 0 Å². The summed E-state index contributed by atoms with van der Waals surface area (Å²) in [5.41, 5.74) is 1.25. The highest BCUT2D eigenvalue weighted by Gasteiger charge is 2.05. The summed E-state index contributed by atoms with van der Waals surface area (Å²) < 4.78 is 0. The van der Waals surface area contributed by atoms with Gasteiger partial charge in [0.1, 0.15) is 0 Å². The van der Waals surface area contributed by atoms with Crippen LogP contribution in [-0.2, 0) is 0 Å². The van der Waals surface area contributed by atoms with E-state index in [1.54, 1.807) is 24.3 Å². The van der Waals surface area contributed by atoms with Gasteiger partial charge in [-0.25, -0.2) is 4.79 Å². The van der Waals surface area contributed by atoms with E-state index >= 15 is 0 Å². The van der Waals surface area contributed by atoms with E-state index in [0.29, 0.717) is 11.6 Å². The van der Waals surface area contributed by atoms with Gasteiger partial charge in [0.25, 0.3) is 0 Å². The van der Waals surface area contributed by atoms with Crippen molar-refractivity contribution in [3.8, 4) is 0 Å². The van der Waals surface area contributed by atoms with Crippen LogP contribution in [0.5, 0.6) is 0 Å². The van der Waals surface area contributed by atoms with Crippen molar-refractivity contribution in [2.45, 2.75) is 13.0 Å². The molecule has 0 aliphatic heterocycles. The van der Waals surface area contributed by atoms with Crippen LogP contribution in [0.15, 0.2) is 24.3 Å². The molecule has 0 heterocycles. The van der Waals surface area contributed by atoms with Gasteiger partial charge in [-0.15, -0.1) is 0 Å². The molecule has 4 nitrogen and oxygen atoms in total. The molecule has 0 saturated heterocycles. The summed E-state index contributed by atoms with van der Waals surface area (Å²) in [4.78, 5) is 12.8. The van der Waals surface area contributed by atoms with E-state index in [9.17, 15) is 4.79 Å². The van der Waals surface area contributed by atoms with Crippen molar-refractivity contribution in [1.29, 1.82) is 0 Å². The molecule has 2 N–H and O–H groups in total. The highest BCUT2D eigenvalue weighted by atomic mass is 16.4. The van der Waals surface area contributed by atoms with Gasteiger partial charge in [0, 0.05) is 18.3 Å². The Morgan fingerprint density at radius 1 is 1.38 bits per heavy atom. The average Bonchev–Trinajstić information content (AvgIpc) is 2.16. The minimum absolute atomic E-state index is 0.311. The summed E-state index contributed by atoms with van der Waals surface area (Å²) in [6.45, 7) is 3.02. The number of likely N-dealkylation sites (N-methyl/N-ethyl adjacent to an activating group) is 1. The van der Waals surface area contributed by atoms with Crippen molar-refractivity contribution in [2.24, 2.45) is 0 Å². The molecule has 1 aromatic carbocycles. The molecular weight excluding hydrogens is 204 g/mol. The molecule has 16 heavy (non-hydrogen) atoms. The number of carbonyl (C=O) groups is 1. The number of aromatic carboxylic acids is 1. The van der Waals surface area contributed by atoms with E-state index in [4.69, 9.17) is 5.11 Å². The molecule has 0 bridgehead atoms. The Labute approximate surface area is 95.9 Å². The summed E-state index contributed by atoms with van der Waals surface area (Å²) in [5, 5.41) is 12.1. The monoisotopic (exact) mass is 222 g/mol. The van der Waals surface area contributed by atoms with E-state index in [0.717, 1.165) is 12.2 Å². The van der Waals surface area contributed by atoms with Gasteiger partial charge in [0.05, 0.1) is 5.56 Å². The number of nitrogens with one attached hydrogen (secondary N) is 1. The van der Waals surface area contributed by atoms with Crippen molar-refractivity contribution in [2.75, 3.05) is 26.0 Å². The fraction of sp³-hybridized carbons (Fsp3) is 0.417. The van der Waals surface area contributed by atoms with E-state index in [-0.39, 0.29) is 0 Å². The lowest BCUT2D eigenvalue weighted by atomic mass is 10.2. The highest BCUT2D eigenvalue weighted by Crippen LogP contribution is 2.10. The number of hydrogen-bond donors (Lipinski definition) is 2. The summed E-state index contributed by atoms with van der Waals surface area (Å²) in [7, 11) is 4.04. The standard InChI is InChI=1S/C12H18N2O2/c1-9(8-14(2)3)13-11-6-4-10(5-7-11)12(15)16/h4-7,9,13H,8H2,1-3H3,(H,15,16). The Morgan fingerprint density at radius 2 is 1.94 bits per heavy atom. The Hall–Kier alpha value is -1.55. The van der Waals surface area contributed by atoms with Crippen LogP contribution < -0.4 is 5.32 Å². The van der Waals surface area contributed by atoms with E-state index in [1.807, 2.05) is 14.1 Å². The lowest BCUT2D eigenvalue weighted by Gasteiger charge is -2.19. The maximum absolute atomic E-state index is 10.7. The van der Waals surface area contributed by atoms with Crippen LogP contribution in [0, 0.1) is 0 Å². The zero-order chi connectivity index (χ0) is 12.1. The summed E-state index contributed by atoms with van der Waals surface area (Å²) in [6.07, 6.45) is 0. The minimum Gasteiger partial charge on any atom is -0.478 e. The van der Waals surface area contributed by atoms with Crippen molar-refractivity contribution >= 4 is 11.7 Å². The summed E-state index contributed by atoms with van der Waals surface area (Å²) in [5.74, 6) is -0.895. The first-order chi connectivity index (χ1) is 7.49. The van der Waals surface area contributed by atoms with Gasteiger partial charge in [-0.3, -0.25) is 0 Å². The van der Waals surface area contributed by atoms with Gasteiger partial charge in [0.2, 0.25) is 0 Å². The Balaban J connectivity index is 2.58. The van der Waals surface area contributed by atoms with Gasteiger partial charge >= 0.3 is 5.97 Å². The van der Waals surface area contributed by atoms with Crippen LogP contribution in [0.4, 0.5) is 5.69 Å². The van der Waals surface area contributed by atoms with Gasteiger partial charge in [0.15, 0.2) is 0 Å². The third-order valence-corrected chi connectivity index (χ3v) is 2.18. The quantitative estimate of drug-likeness (QED) is 0.797. The predicted octanol–water partition coefficient (Wildman–Crippen LogP) is 1.75. The molecule has 0 saturated carbocycles. The minimum atomic E-state index is -0.895. The first kappa shape index (κ1) is 12.5. The molecule has 4 heteroatoms. The van der Waals surface area contributed by atoms with Gasteiger partial charge < -0.3 is 15.3 Å². The van der Waals surface area contributed by atoms with Crippen LogP contribution in [0.25, 0.3) is 0 Å². The van der Waals surface area contributed by atoms with Gasteiger partial charge in [-0.1, -0.05) is 0 Å². The van der Waals surface area contributed by atoms with Crippen molar-refractivity contribution in [3.05, 3.63) is 29.8 Å². The normalized spacial score (nSPS) is 12.5. The summed E-state index contributed by atoms with van der Waals surface area (Å²) >= 11 is 0. The van der Waals surface area contributed by atoms with Crippen molar-refractivity contribution in [1.82, 2.24) is 4.90 Å². The van der Waals surface area contributed by atoms with Crippen LogP contribution in [-0.4, -0.2) is 42.7 Å². The van der Waals surface area contributed by atoms with Crippen LogP contribution in [0.2, 0.25) is 0 Å².